The van der Waals surface area contributed by atoms with Crippen molar-refractivity contribution in [2.45, 2.75) is 12.2 Å². The molecule has 1 atom stereocenters. The van der Waals surface area contributed by atoms with Crippen LogP contribution in [0.1, 0.15) is 22.7 Å². The molecule has 0 aliphatic carbocycles. The summed E-state index contributed by atoms with van der Waals surface area (Å²) in [5, 5.41) is 3.42. The van der Waals surface area contributed by atoms with Gasteiger partial charge in [0.15, 0.2) is 0 Å². The van der Waals surface area contributed by atoms with E-state index in [0.717, 1.165) is 6.07 Å². The Balaban J connectivity index is 2.47. The molecule has 1 aromatic heterocycles. The number of benzene rings is 1. The van der Waals surface area contributed by atoms with Gasteiger partial charge in [0, 0.05) is 5.56 Å². The Kier molecular flexibility index (Phi) is 3.41. The standard InChI is InChI=1S/C12H9F4NS/c13-10-8(11(17)7-4-5-18-6-7)2-1-3-9(10)12(14,15)16/h1-6,11H,17H2. The normalized spacial score (nSPS) is 13.6. The molecule has 1 heterocycles. The second kappa shape index (κ2) is 4.70. The summed E-state index contributed by atoms with van der Waals surface area (Å²) in [7, 11) is 0. The van der Waals surface area contributed by atoms with Crippen LogP contribution in [0.15, 0.2) is 35.0 Å². The van der Waals surface area contributed by atoms with Crippen molar-refractivity contribution >= 4 is 11.3 Å². The van der Waals surface area contributed by atoms with Crippen LogP contribution in [0.4, 0.5) is 17.6 Å². The molecule has 18 heavy (non-hydrogen) atoms. The van der Waals surface area contributed by atoms with Gasteiger partial charge in [0.1, 0.15) is 5.82 Å². The number of hydrogen-bond donors (Lipinski definition) is 1. The largest absolute Gasteiger partial charge is 0.419 e. The molecule has 0 bridgehead atoms. The lowest BCUT2D eigenvalue weighted by molar-refractivity contribution is -0.140. The second-order valence-corrected chi connectivity index (χ2v) is 4.52. The molecule has 0 spiro atoms. The molecule has 0 aliphatic rings. The Morgan fingerprint density at radius 3 is 2.44 bits per heavy atom. The average molecular weight is 275 g/mol. The molecule has 1 unspecified atom stereocenters. The predicted octanol–water partition coefficient (Wildman–Crippen LogP) is 3.95. The highest BCUT2D eigenvalue weighted by atomic mass is 32.1. The predicted molar refractivity (Wildman–Crippen MR) is 61.8 cm³/mol. The molecule has 0 amide bonds. The van der Waals surface area contributed by atoms with Crippen molar-refractivity contribution in [3.63, 3.8) is 0 Å². The van der Waals surface area contributed by atoms with Crippen LogP contribution in [0.2, 0.25) is 0 Å². The monoisotopic (exact) mass is 275 g/mol. The number of hydrogen-bond acceptors (Lipinski definition) is 2. The molecular weight excluding hydrogens is 266 g/mol. The van der Waals surface area contributed by atoms with Gasteiger partial charge in [-0.15, -0.1) is 0 Å². The van der Waals surface area contributed by atoms with Gasteiger partial charge in [0.25, 0.3) is 0 Å². The zero-order valence-corrected chi connectivity index (χ0v) is 9.86. The van der Waals surface area contributed by atoms with E-state index in [9.17, 15) is 17.6 Å². The Bertz CT molecular complexity index is 534. The van der Waals surface area contributed by atoms with E-state index in [1.807, 2.05) is 0 Å². The molecule has 6 heteroatoms. The van der Waals surface area contributed by atoms with Gasteiger partial charge in [0.2, 0.25) is 0 Å². The van der Waals surface area contributed by atoms with Crippen LogP contribution >= 0.6 is 11.3 Å². The van der Waals surface area contributed by atoms with Gasteiger partial charge in [-0.1, -0.05) is 12.1 Å². The first-order valence-electron chi connectivity index (χ1n) is 5.04. The molecule has 96 valence electrons. The van der Waals surface area contributed by atoms with Crippen molar-refractivity contribution in [3.05, 3.63) is 57.5 Å². The van der Waals surface area contributed by atoms with Gasteiger partial charge >= 0.3 is 6.18 Å². The Labute approximate surface area is 105 Å². The Morgan fingerprint density at radius 1 is 1.17 bits per heavy atom. The molecule has 0 aliphatic heterocycles. The fourth-order valence-electron chi connectivity index (χ4n) is 1.64. The molecular formula is C12H9F4NS. The molecule has 1 nitrogen and oxygen atoms in total. The molecule has 2 rings (SSSR count). The maximum atomic E-state index is 13.8. The zero-order chi connectivity index (χ0) is 13.3. The lowest BCUT2D eigenvalue weighted by atomic mass is 9.99. The maximum Gasteiger partial charge on any atom is 0.419 e. The van der Waals surface area contributed by atoms with Crippen molar-refractivity contribution in [3.8, 4) is 0 Å². The minimum Gasteiger partial charge on any atom is -0.320 e. The first-order chi connectivity index (χ1) is 8.41. The third kappa shape index (κ3) is 2.39. The zero-order valence-electron chi connectivity index (χ0n) is 9.04. The van der Waals surface area contributed by atoms with E-state index in [-0.39, 0.29) is 5.56 Å². The van der Waals surface area contributed by atoms with Gasteiger partial charge in [0.05, 0.1) is 11.6 Å². The summed E-state index contributed by atoms with van der Waals surface area (Å²) in [5.41, 5.74) is 4.93. The minimum atomic E-state index is -4.71. The molecule has 0 fully saturated rings. The van der Waals surface area contributed by atoms with E-state index >= 15 is 0 Å². The first-order valence-corrected chi connectivity index (χ1v) is 5.99. The average Bonchev–Trinajstić information content (AvgIpc) is 2.80. The third-order valence-electron chi connectivity index (χ3n) is 2.57. The number of halogens is 4. The van der Waals surface area contributed by atoms with Gasteiger partial charge in [-0.2, -0.15) is 24.5 Å². The van der Waals surface area contributed by atoms with E-state index < -0.39 is 23.6 Å². The van der Waals surface area contributed by atoms with Crippen molar-refractivity contribution in [1.82, 2.24) is 0 Å². The highest BCUT2D eigenvalue weighted by molar-refractivity contribution is 7.08. The van der Waals surface area contributed by atoms with Crippen molar-refractivity contribution in [2.75, 3.05) is 0 Å². The first kappa shape index (κ1) is 13.0. The summed E-state index contributed by atoms with van der Waals surface area (Å²) < 4.78 is 51.5. The number of rotatable bonds is 2. The molecule has 0 saturated carbocycles. The summed E-state index contributed by atoms with van der Waals surface area (Å²) in [4.78, 5) is 0. The summed E-state index contributed by atoms with van der Waals surface area (Å²) in [6.45, 7) is 0. The highest BCUT2D eigenvalue weighted by Crippen LogP contribution is 2.34. The second-order valence-electron chi connectivity index (χ2n) is 3.74. The number of alkyl halides is 3. The third-order valence-corrected chi connectivity index (χ3v) is 3.27. The quantitative estimate of drug-likeness (QED) is 0.825. The smallest absolute Gasteiger partial charge is 0.320 e. The molecule has 0 saturated heterocycles. The molecule has 1 aromatic carbocycles. The Morgan fingerprint density at radius 2 is 1.89 bits per heavy atom. The van der Waals surface area contributed by atoms with Crippen LogP contribution in [0.5, 0.6) is 0 Å². The fraction of sp³-hybridized carbons (Fsp3) is 0.167. The minimum absolute atomic E-state index is 0.150. The molecule has 0 radical (unpaired) electrons. The topological polar surface area (TPSA) is 26.0 Å². The van der Waals surface area contributed by atoms with E-state index in [0.29, 0.717) is 11.6 Å². The number of thiophene rings is 1. The summed E-state index contributed by atoms with van der Waals surface area (Å²) in [6.07, 6.45) is -4.71. The maximum absolute atomic E-state index is 13.8. The fourth-order valence-corrected chi connectivity index (χ4v) is 2.34. The summed E-state index contributed by atoms with van der Waals surface area (Å²) in [5.74, 6) is -1.30. The van der Waals surface area contributed by atoms with Crippen LogP contribution in [0, 0.1) is 5.82 Å². The van der Waals surface area contributed by atoms with Crippen molar-refractivity contribution in [1.29, 1.82) is 0 Å². The summed E-state index contributed by atoms with van der Waals surface area (Å²) >= 11 is 1.35. The van der Waals surface area contributed by atoms with Crippen LogP contribution in [-0.2, 0) is 6.18 Å². The molecule has 2 N–H and O–H groups in total. The van der Waals surface area contributed by atoms with Gasteiger partial charge in [-0.05, 0) is 28.5 Å². The van der Waals surface area contributed by atoms with Gasteiger partial charge in [-0.3, -0.25) is 0 Å². The highest BCUT2D eigenvalue weighted by Gasteiger charge is 2.35. The lowest BCUT2D eigenvalue weighted by Gasteiger charge is -2.15. The van der Waals surface area contributed by atoms with Crippen LogP contribution in [0.3, 0.4) is 0 Å². The van der Waals surface area contributed by atoms with E-state index in [4.69, 9.17) is 5.73 Å². The van der Waals surface area contributed by atoms with Crippen molar-refractivity contribution < 1.29 is 17.6 Å². The molecule has 2 aromatic rings. The Hall–Kier alpha value is -1.40. The van der Waals surface area contributed by atoms with E-state index in [1.54, 1.807) is 16.8 Å². The van der Waals surface area contributed by atoms with Crippen molar-refractivity contribution in [2.24, 2.45) is 5.73 Å². The van der Waals surface area contributed by atoms with Crippen LogP contribution in [-0.4, -0.2) is 0 Å². The SMILES string of the molecule is NC(c1ccsc1)c1cccc(C(F)(F)F)c1F. The van der Waals surface area contributed by atoms with E-state index in [1.165, 1.54) is 17.4 Å². The summed E-state index contributed by atoms with van der Waals surface area (Å²) in [6, 6.07) is 3.91. The number of nitrogens with two attached hydrogens (primary N) is 1. The lowest BCUT2D eigenvalue weighted by Crippen LogP contribution is -2.16. The van der Waals surface area contributed by atoms with Crippen LogP contribution < -0.4 is 5.73 Å². The van der Waals surface area contributed by atoms with Gasteiger partial charge < -0.3 is 5.73 Å². The van der Waals surface area contributed by atoms with E-state index in [2.05, 4.69) is 0 Å². The van der Waals surface area contributed by atoms with Gasteiger partial charge in [-0.25, -0.2) is 4.39 Å². The van der Waals surface area contributed by atoms with Crippen LogP contribution in [0.25, 0.3) is 0 Å².